The molecule has 1 unspecified atom stereocenters. The first-order valence-corrected chi connectivity index (χ1v) is 7.40. The van der Waals surface area contributed by atoms with Crippen LogP contribution >= 0.6 is 11.8 Å². The van der Waals surface area contributed by atoms with Gasteiger partial charge in [-0.3, -0.25) is 5.10 Å². The summed E-state index contributed by atoms with van der Waals surface area (Å²) in [7, 11) is 0. The van der Waals surface area contributed by atoms with Crippen molar-refractivity contribution in [2.75, 3.05) is 0 Å². The number of thioether (sulfide) groups is 1. The van der Waals surface area contributed by atoms with Crippen LogP contribution < -0.4 is 0 Å². The molecular formula is C16H15N3S. The highest BCUT2D eigenvalue weighted by Gasteiger charge is 2.11. The van der Waals surface area contributed by atoms with Gasteiger partial charge in [-0.15, -0.1) is 5.10 Å². The molecular weight excluding hydrogens is 266 g/mol. The number of nitrogens with one attached hydrogen (secondary N) is 1. The van der Waals surface area contributed by atoms with E-state index in [2.05, 4.69) is 46.4 Å². The topological polar surface area (TPSA) is 41.6 Å². The Morgan fingerprint density at radius 3 is 2.30 bits per heavy atom. The maximum Gasteiger partial charge on any atom is 0.209 e. The molecule has 0 aliphatic heterocycles. The summed E-state index contributed by atoms with van der Waals surface area (Å²) in [6, 6.07) is 20.4. The fraction of sp³-hybridized carbons (Fsp3) is 0.125. The molecule has 1 aromatic heterocycles. The van der Waals surface area contributed by atoms with Crippen LogP contribution in [0.2, 0.25) is 0 Å². The van der Waals surface area contributed by atoms with E-state index < -0.39 is 0 Å². The lowest BCUT2D eigenvalue weighted by atomic mass is 10.2. The first kappa shape index (κ1) is 12.9. The summed E-state index contributed by atoms with van der Waals surface area (Å²) in [4.78, 5) is 4.54. The molecule has 0 saturated heterocycles. The molecule has 0 bridgehead atoms. The number of H-pyrrole nitrogens is 1. The lowest BCUT2D eigenvalue weighted by molar-refractivity contribution is 0.960. The molecule has 1 atom stereocenters. The van der Waals surface area contributed by atoms with E-state index in [1.807, 2.05) is 36.4 Å². The van der Waals surface area contributed by atoms with Crippen molar-refractivity contribution in [2.45, 2.75) is 17.3 Å². The monoisotopic (exact) mass is 281 g/mol. The third kappa shape index (κ3) is 2.91. The molecule has 0 aliphatic rings. The van der Waals surface area contributed by atoms with E-state index in [-0.39, 0.29) is 0 Å². The summed E-state index contributed by atoms with van der Waals surface area (Å²) in [5.41, 5.74) is 2.34. The van der Waals surface area contributed by atoms with E-state index in [1.165, 1.54) is 5.56 Å². The maximum absolute atomic E-state index is 4.54. The zero-order chi connectivity index (χ0) is 13.8. The molecule has 3 aromatic rings. The summed E-state index contributed by atoms with van der Waals surface area (Å²) in [6.07, 6.45) is 0. The standard InChI is InChI=1S/C16H15N3S/c1-12(13-8-4-2-5-9-13)20-16-17-15(18-19-16)14-10-6-3-7-11-14/h2-12H,1H3,(H,17,18,19). The molecule has 2 aromatic carbocycles. The van der Waals surface area contributed by atoms with Gasteiger partial charge in [0.2, 0.25) is 5.16 Å². The minimum absolute atomic E-state index is 0.329. The average molecular weight is 281 g/mol. The van der Waals surface area contributed by atoms with Crippen molar-refractivity contribution in [1.29, 1.82) is 0 Å². The van der Waals surface area contributed by atoms with Crippen LogP contribution in [0.15, 0.2) is 65.8 Å². The molecule has 0 radical (unpaired) electrons. The Labute approximate surface area is 122 Å². The molecule has 3 rings (SSSR count). The van der Waals surface area contributed by atoms with Gasteiger partial charge in [-0.25, -0.2) is 4.98 Å². The largest absolute Gasteiger partial charge is 0.258 e. The van der Waals surface area contributed by atoms with Crippen LogP contribution in [0.3, 0.4) is 0 Å². The van der Waals surface area contributed by atoms with E-state index in [1.54, 1.807) is 11.8 Å². The zero-order valence-electron chi connectivity index (χ0n) is 11.2. The van der Waals surface area contributed by atoms with Crippen molar-refractivity contribution < 1.29 is 0 Å². The van der Waals surface area contributed by atoms with Crippen LogP contribution in [-0.4, -0.2) is 15.2 Å². The summed E-state index contributed by atoms with van der Waals surface area (Å²) < 4.78 is 0. The number of rotatable bonds is 4. The molecule has 0 amide bonds. The third-order valence-electron chi connectivity index (χ3n) is 3.06. The van der Waals surface area contributed by atoms with E-state index in [9.17, 15) is 0 Å². The van der Waals surface area contributed by atoms with Gasteiger partial charge in [0.25, 0.3) is 0 Å². The number of aromatic nitrogens is 3. The van der Waals surface area contributed by atoms with E-state index in [4.69, 9.17) is 0 Å². The number of nitrogens with zero attached hydrogens (tertiary/aromatic N) is 2. The van der Waals surface area contributed by atoms with Crippen LogP contribution in [0.4, 0.5) is 0 Å². The first-order valence-electron chi connectivity index (χ1n) is 6.52. The molecule has 1 heterocycles. The van der Waals surface area contributed by atoms with Crippen molar-refractivity contribution in [3.05, 3.63) is 66.2 Å². The van der Waals surface area contributed by atoms with E-state index in [0.29, 0.717) is 5.25 Å². The highest BCUT2D eigenvalue weighted by molar-refractivity contribution is 7.99. The number of hydrogen-bond acceptors (Lipinski definition) is 3. The predicted octanol–water partition coefficient (Wildman–Crippen LogP) is 4.33. The van der Waals surface area contributed by atoms with Gasteiger partial charge >= 0.3 is 0 Å². The molecule has 100 valence electrons. The van der Waals surface area contributed by atoms with Crippen molar-refractivity contribution in [3.8, 4) is 11.4 Å². The summed E-state index contributed by atoms with van der Waals surface area (Å²) >= 11 is 1.66. The maximum atomic E-state index is 4.54. The molecule has 0 saturated carbocycles. The third-order valence-corrected chi connectivity index (χ3v) is 4.08. The summed E-state index contributed by atoms with van der Waals surface area (Å²) in [5.74, 6) is 0.813. The van der Waals surface area contributed by atoms with Gasteiger partial charge in [-0.2, -0.15) is 0 Å². The van der Waals surface area contributed by atoms with E-state index in [0.717, 1.165) is 16.5 Å². The molecule has 0 aliphatic carbocycles. The molecule has 3 nitrogen and oxygen atoms in total. The Morgan fingerprint density at radius 2 is 1.60 bits per heavy atom. The fourth-order valence-corrected chi connectivity index (χ4v) is 2.83. The minimum atomic E-state index is 0.329. The average Bonchev–Trinajstić information content (AvgIpc) is 2.97. The Balaban J connectivity index is 1.75. The van der Waals surface area contributed by atoms with Crippen molar-refractivity contribution in [1.82, 2.24) is 15.2 Å². The van der Waals surface area contributed by atoms with Crippen LogP contribution in [0.5, 0.6) is 0 Å². The summed E-state index contributed by atoms with van der Waals surface area (Å²) in [5, 5.41) is 8.39. The van der Waals surface area contributed by atoms with Crippen LogP contribution in [0.1, 0.15) is 17.7 Å². The van der Waals surface area contributed by atoms with Gasteiger partial charge in [-0.1, -0.05) is 72.4 Å². The predicted molar refractivity (Wildman–Crippen MR) is 82.5 cm³/mol. The molecule has 0 fully saturated rings. The van der Waals surface area contributed by atoms with Crippen LogP contribution in [0.25, 0.3) is 11.4 Å². The Bertz CT molecular complexity index is 664. The second-order valence-electron chi connectivity index (χ2n) is 4.50. The number of aromatic amines is 1. The number of benzene rings is 2. The lowest BCUT2D eigenvalue weighted by Gasteiger charge is -2.07. The van der Waals surface area contributed by atoms with Crippen LogP contribution in [0, 0.1) is 0 Å². The van der Waals surface area contributed by atoms with Crippen LogP contribution in [-0.2, 0) is 0 Å². The normalized spacial score (nSPS) is 12.2. The molecule has 0 spiro atoms. The smallest absolute Gasteiger partial charge is 0.209 e. The van der Waals surface area contributed by atoms with Gasteiger partial charge in [-0.05, 0) is 12.5 Å². The summed E-state index contributed by atoms with van der Waals surface area (Å²) in [6.45, 7) is 2.17. The van der Waals surface area contributed by atoms with Gasteiger partial charge in [0.05, 0.1) is 0 Å². The van der Waals surface area contributed by atoms with Crippen molar-refractivity contribution >= 4 is 11.8 Å². The molecule has 1 N–H and O–H groups in total. The van der Waals surface area contributed by atoms with Crippen molar-refractivity contribution in [2.24, 2.45) is 0 Å². The highest BCUT2D eigenvalue weighted by atomic mass is 32.2. The second kappa shape index (κ2) is 5.92. The highest BCUT2D eigenvalue weighted by Crippen LogP contribution is 2.33. The quantitative estimate of drug-likeness (QED) is 0.724. The van der Waals surface area contributed by atoms with Crippen molar-refractivity contribution in [3.63, 3.8) is 0 Å². The number of hydrogen-bond donors (Lipinski definition) is 1. The van der Waals surface area contributed by atoms with E-state index >= 15 is 0 Å². The van der Waals surface area contributed by atoms with Gasteiger partial charge in [0, 0.05) is 10.8 Å². The Morgan fingerprint density at radius 1 is 0.950 bits per heavy atom. The first-order chi connectivity index (χ1) is 9.83. The lowest BCUT2D eigenvalue weighted by Crippen LogP contribution is -1.88. The Hall–Kier alpha value is -2.07. The van der Waals surface area contributed by atoms with Gasteiger partial charge in [0.15, 0.2) is 5.82 Å². The van der Waals surface area contributed by atoms with Gasteiger partial charge in [0.1, 0.15) is 0 Å². The van der Waals surface area contributed by atoms with Gasteiger partial charge < -0.3 is 0 Å². The second-order valence-corrected chi connectivity index (χ2v) is 5.81. The SMILES string of the molecule is CC(Sc1n[nH]c(-c2ccccc2)n1)c1ccccc1. The molecule has 20 heavy (non-hydrogen) atoms. The molecule has 4 heteroatoms. The zero-order valence-corrected chi connectivity index (χ0v) is 12.0. The minimum Gasteiger partial charge on any atom is -0.258 e. The Kier molecular flexibility index (Phi) is 3.83. The fourth-order valence-electron chi connectivity index (χ4n) is 1.97.